The van der Waals surface area contributed by atoms with Crippen LogP contribution in [0.25, 0.3) is 0 Å². The number of hydrogen-bond donors (Lipinski definition) is 1. The first-order valence-corrected chi connectivity index (χ1v) is 5.38. The topological polar surface area (TPSA) is 12.0 Å². The van der Waals surface area contributed by atoms with Gasteiger partial charge in [-0.3, -0.25) is 0 Å². The lowest BCUT2D eigenvalue weighted by Gasteiger charge is -2.26. The minimum Gasteiger partial charge on any atom is -0.385 e. The Morgan fingerprint density at radius 1 is 1.21 bits per heavy atom. The molecule has 14 heavy (non-hydrogen) atoms. The van der Waals surface area contributed by atoms with Crippen LogP contribution >= 0.6 is 0 Å². The van der Waals surface area contributed by atoms with Crippen LogP contribution < -0.4 is 5.32 Å². The second-order valence-corrected chi connectivity index (χ2v) is 4.39. The van der Waals surface area contributed by atoms with E-state index in [9.17, 15) is 4.39 Å². The smallest absolute Gasteiger partial charge is 0.123 e. The highest BCUT2D eigenvalue weighted by Gasteiger charge is 2.34. The van der Waals surface area contributed by atoms with Crippen molar-refractivity contribution in [3.8, 4) is 0 Å². The molecule has 1 aliphatic heterocycles. The van der Waals surface area contributed by atoms with Crippen molar-refractivity contribution in [2.24, 2.45) is 5.92 Å². The first-order chi connectivity index (χ1) is 6.84. The van der Waals surface area contributed by atoms with E-state index in [-0.39, 0.29) is 5.82 Å². The van der Waals surface area contributed by atoms with Gasteiger partial charge in [0.2, 0.25) is 0 Å². The minimum atomic E-state index is -0.0990. The molecule has 0 aromatic heterocycles. The van der Waals surface area contributed by atoms with Crippen LogP contribution in [-0.2, 0) is 0 Å². The molecule has 2 heteroatoms. The zero-order chi connectivity index (χ0) is 9.54. The Labute approximate surface area is 83.3 Å². The Kier molecular flexibility index (Phi) is 1.76. The fourth-order valence-electron chi connectivity index (χ4n) is 2.51. The van der Waals surface area contributed by atoms with Crippen molar-refractivity contribution in [1.29, 1.82) is 0 Å². The summed E-state index contributed by atoms with van der Waals surface area (Å²) >= 11 is 0. The molecule has 1 heterocycles. The van der Waals surface area contributed by atoms with Crippen LogP contribution in [-0.4, -0.2) is 6.54 Å². The van der Waals surface area contributed by atoms with Crippen LogP contribution in [0, 0.1) is 11.7 Å². The van der Waals surface area contributed by atoms with Crippen LogP contribution in [0.4, 0.5) is 10.1 Å². The highest BCUT2D eigenvalue weighted by Crippen LogP contribution is 2.48. The number of halogens is 1. The van der Waals surface area contributed by atoms with Gasteiger partial charge in [0.1, 0.15) is 5.82 Å². The Balaban J connectivity index is 2.02. The van der Waals surface area contributed by atoms with Gasteiger partial charge >= 0.3 is 0 Å². The number of fused-ring (bicyclic) bond motifs is 1. The summed E-state index contributed by atoms with van der Waals surface area (Å²) in [6, 6.07) is 5.13. The van der Waals surface area contributed by atoms with E-state index in [4.69, 9.17) is 0 Å². The fourth-order valence-corrected chi connectivity index (χ4v) is 2.51. The molecule has 3 rings (SSSR count). The van der Waals surface area contributed by atoms with Crippen molar-refractivity contribution in [1.82, 2.24) is 0 Å². The van der Waals surface area contributed by atoms with Gasteiger partial charge in [-0.2, -0.15) is 0 Å². The lowest BCUT2D eigenvalue weighted by molar-refractivity contribution is 0.550. The highest BCUT2D eigenvalue weighted by molar-refractivity contribution is 5.55. The molecule has 2 aliphatic rings. The molecule has 1 saturated carbocycles. The summed E-state index contributed by atoms with van der Waals surface area (Å²) in [6.07, 6.45) is 3.84. The molecule has 0 radical (unpaired) electrons. The maximum Gasteiger partial charge on any atom is 0.123 e. The van der Waals surface area contributed by atoms with Crippen molar-refractivity contribution < 1.29 is 4.39 Å². The number of benzene rings is 1. The van der Waals surface area contributed by atoms with Crippen molar-refractivity contribution >= 4 is 5.69 Å². The van der Waals surface area contributed by atoms with E-state index in [1.165, 1.54) is 24.8 Å². The molecule has 1 unspecified atom stereocenters. The van der Waals surface area contributed by atoms with Gasteiger partial charge in [-0.1, -0.05) is 0 Å². The lowest BCUT2D eigenvalue weighted by atomic mass is 9.87. The van der Waals surface area contributed by atoms with E-state index in [0.29, 0.717) is 5.92 Å². The summed E-state index contributed by atoms with van der Waals surface area (Å²) in [6.45, 7) is 1.04. The molecule has 0 bridgehead atoms. The van der Waals surface area contributed by atoms with Gasteiger partial charge in [0.25, 0.3) is 0 Å². The minimum absolute atomic E-state index is 0.0990. The van der Waals surface area contributed by atoms with Crippen LogP contribution in [0.5, 0.6) is 0 Å². The predicted octanol–water partition coefficient (Wildman–Crippen LogP) is 3.13. The molecule has 0 saturated heterocycles. The summed E-state index contributed by atoms with van der Waals surface area (Å²) in [4.78, 5) is 0. The average Bonchev–Trinajstić information content (AvgIpc) is 3.00. The maximum atomic E-state index is 13.1. The normalized spacial score (nSPS) is 25.4. The van der Waals surface area contributed by atoms with Crippen molar-refractivity contribution in [3.05, 3.63) is 29.6 Å². The standard InChI is InChI=1S/C12H14FN/c13-9-3-4-12-11(7-9)10(5-6-14-12)8-1-2-8/h3-4,7-8,10,14H,1-2,5-6H2. The second-order valence-electron chi connectivity index (χ2n) is 4.39. The summed E-state index contributed by atoms with van der Waals surface area (Å²) in [5, 5.41) is 3.34. The monoisotopic (exact) mass is 191 g/mol. The second kappa shape index (κ2) is 2.97. The molecular formula is C12H14FN. The first-order valence-electron chi connectivity index (χ1n) is 5.38. The zero-order valence-electron chi connectivity index (χ0n) is 8.09. The van der Waals surface area contributed by atoms with E-state index in [1.54, 1.807) is 12.1 Å². The van der Waals surface area contributed by atoms with Gasteiger partial charge in [-0.15, -0.1) is 0 Å². The molecule has 0 amide bonds. The third-order valence-corrected chi connectivity index (χ3v) is 3.37. The van der Waals surface area contributed by atoms with Crippen molar-refractivity contribution in [3.63, 3.8) is 0 Å². The quantitative estimate of drug-likeness (QED) is 0.719. The van der Waals surface area contributed by atoms with Crippen LogP contribution in [0.1, 0.15) is 30.7 Å². The van der Waals surface area contributed by atoms with Gasteiger partial charge in [0.05, 0.1) is 0 Å². The Morgan fingerprint density at radius 3 is 2.86 bits per heavy atom. The predicted molar refractivity (Wildman–Crippen MR) is 55.0 cm³/mol. The Bertz CT molecular complexity index is 357. The molecule has 1 nitrogen and oxygen atoms in total. The Hall–Kier alpha value is -1.05. The van der Waals surface area contributed by atoms with Crippen LogP contribution in [0.2, 0.25) is 0 Å². The largest absolute Gasteiger partial charge is 0.385 e. The molecule has 1 fully saturated rings. The molecule has 1 N–H and O–H groups in total. The lowest BCUT2D eigenvalue weighted by Crippen LogP contribution is -2.18. The van der Waals surface area contributed by atoms with Crippen molar-refractivity contribution in [2.75, 3.05) is 11.9 Å². The SMILES string of the molecule is Fc1ccc2c(c1)C(C1CC1)CCN2. The summed E-state index contributed by atoms with van der Waals surface area (Å²) < 4.78 is 13.1. The van der Waals surface area contributed by atoms with Crippen LogP contribution in [0.15, 0.2) is 18.2 Å². The maximum absolute atomic E-state index is 13.1. The molecular weight excluding hydrogens is 177 g/mol. The summed E-state index contributed by atoms with van der Waals surface area (Å²) in [5.41, 5.74) is 2.35. The molecule has 1 atom stereocenters. The first kappa shape index (κ1) is 8.27. The van der Waals surface area contributed by atoms with E-state index >= 15 is 0 Å². The van der Waals surface area contributed by atoms with Crippen LogP contribution in [0.3, 0.4) is 0 Å². The van der Waals surface area contributed by atoms with Crippen molar-refractivity contribution in [2.45, 2.75) is 25.2 Å². The molecule has 0 spiro atoms. The Morgan fingerprint density at radius 2 is 2.07 bits per heavy atom. The average molecular weight is 191 g/mol. The summed E-state index contributed by atoms with van der Waals surface area (Å²) in [7, 11) is 0. The van der Waals surface area contributed by atoms with Gasteiger partial charge in [0, 0.05) is 12.2 Å². The highest BCUT2D eigenvalue weighted by atomic mass is 19.1. The number of nitrogens with one attached hydrogen (secondary N) is 1. The number of hydrogen-bond acceptors (Lipinski definition) is 1. The molecule has 74 valence electrons. The van der Waals surface area contributed by atoms with E-state index in [1.807, 2.05) is 6.07 Å². The number of rotatable bonds is 1. The van der Waals surface area contributed by atoms with Gasteiger partial charge < -0.3 is 5.32 Å². The molecule has 1 aromatic carbocycles. The fraction of sp³-hybridized carbons (Fsp3) is 0.500. The number of anilines is 1. The van der Waals surface area contributed by atoms with Gasteiger partial charge in [-0.05, 0) is 54.9 Å². The molecule has 1 aliphatic carbocycles. The van der Waals surface area contributed by atoms with Gasteiger partial charge in [-0.25, -0.2) is 4.39 Å². The van der Waals surface area contributed by atoms with E-state index < -0.39 is 0 Å². The zero-order valence-corrected chi connectivity index (χ0v) is 8.09. The third-order valence-electron chi connectivity index (χ3n) is 3.37. The summed E-state index contributed by atoms with van der Waals surface area (Å²) in [5.74, 6) is 1.35. The van der Waals surface area contributed by atoms with Gasteiger partial charge in [0.15, 0.2) is 0 Å². The van der Waals surface area contributed by atoms with E-state index in [2.05, 4.69) is 5.32 Å². The third kappa shape index (κ3) is 1.29. The molecule has 1 aromatic rings. The van der Waals surface area contributed by atoms with E-state index in [0.717, 1.165) is 18.2 Å².